The number of benzene rings is 7. The minimum Gasteiger partial charge on any atom is -0.454 e. The predicted octanol–water partition coefficient (Wildman–Crippen LogP) is 12.2. The van der Waals surface area contributed by atoms with Crippen molar-refractivity contribution >= 4 is 65.6 Å². The minimum atomic E-state index is 0.682. The Kier molecular flexibility index (Phi) is 6.18. The molecule has 4 aromatic heterocycles. The van der Waals surface area contributed by atoms with Gasteiger partial charge in [-0.05, 0) is 41.8 Å². The third-order valence-electron chi connectivity index (χ3n) is 10.2. The number of hydrogen-bond donors (Lipinski definition) is 0. The molecule has 0 aliphatic heterocycles. The second-order valence-electron chi connectivity index (χ2n) is 13.2. The highest BCUT2D eigenvalue weighted by atomic mass is 16.3. The Bertz CT molecular complexity index is 3160. The van der Waals surface area contributed by atoms with E-state index in [4.69, 9.17) is 19.4 Å². The van der Waals surface area contributed by atoms with E-state index in [1.165, 1.54) is 0 Å². The normalized spacial score (nSPS) is 11.8. The van der Waals surface area contributed by atoms with Gasteiger partial charge in [0.1, 0.15) is 11.1 Å². The van der Waals surface area contributed by atoms with E-state index in [2.05, 4.69) is 144 Å². The van der Waals surface area contributed by atoms with Crippen molar-refractivity contribution in [2.75, 3.05) is 0 Å². The summed E-state index contributed by atoms with van der Waals surface area (Å²) in [7, 11) is 0. The van der Waals surface area contributed by atoms with Crippen molar-refractivity contribution in [3.8, 4) is 39.6 Å². The molecule has 11 rings (SSSR count). The van der Waals surface area contributed by atoms with Crippen molar-refractivity contribution in [3.05, 3.63) is 170 Å². The third-order valence-corrected chi connectivity index (χ3v) is 10.2. The molecule has 0 spiro atoms. The number of aromatic nitrogens is 4. The molecular weight excluding hydrogens is 637 g/mol. The van der Waals surface area contributed by atoms with Gasteiger partial charge in [-0.15, -0.1) is 0 Å². The standard InChI is InChI=1S/C47H28N4O/c1-3-14-30(15-4-1)41-37-28-27-29-13-7-8-18-34(29)43(37)50-47(49-41)32-25-23-31(24-26-32)42-45-40(46-44(48-42)36-20-10-12-22-39(36)52-46)35-19-9-11-21-38(35)51(45)33-16-5-2-6-17-33/h1-28H. The first-order valence-electron chi connectivity index (χ1n) is 17.5. The number of furan rings is 1. The van der Waals surface area contributed by atoms with Crippen molar-refractivity contribution in [2.24, 2.45) is 0 Å². The summed E-state index contributed by atoms with van der Waals surface area (Å²) in [4.78, 5) is 15.9. The van der Waals surface area contributed by atoms with E-state index < -0.39 is 0 Å². The fraction of sp³-hybridized carbons (Fsp3) is 0. The molecule has 0 aliphatic rings. The average molecular weight is 665 g/mol. The fourth-order valence-corrected chi connectivity index (χ4v) is 7.80. The topological polar surface area (TPSA) is 56.7 Å². The van der Waals surface area contributed by atoms with Gasteiger partial charge in [0, 0.05) is 43.9 Å². The fourth-order valence-electron chi connectivity index (χ4n) is 7.80. The van der Waals surface area contributed by atoms with Crippen LogP contribution in [0.15, 0.2) is 174 Å². The number of fused-ring (bicyclic) bond motifs is 10. The first-order chi connectivity index (χ1) is 25.8. The predicted molar refractivity (Wildman–Crippen MR) is 213 cm³/mol. The summed E-state index contributed by atoms with van der Waals surface area (Å²) < 4.78 is 8.93. The quantitative estimate of drug-likeness (QED) is 0.176. The Morgan fingerprint density at radius 3 is 1.90 bits per heavy atom. The molecule has 0 saturated heterocycles. The van der Waals surface area contributed by atoms with Crippen LogP contribution in [0.5, 0.6) is 0 Å². The van der Waals surface area contributed by atoms with Gasteiger partial charge in [0.05, 0.1) is 33.3 Å². The molecule has 242 valence electrons. The lowest BCUT2D eigenvalue weighted by atomic mass is 10.0. The van der Waals surface area contributed by atoms with Crippen LogP contribution >= 0.6 is 0 Å². The first kappa shape index (κ1) is 28.7. The Morgan fingerprint density at radius 1 is 0.423 bits per heavy atom. The van der Waals surface area contributed by atoms with Gasteiger partial charge in [0.15, 0.2) is 11.4 Å². The lowest BCUT2D eigenvalue weighted by Gasteiger charge is -2.13. The van der Waals surface area contributed by atoms with Crippen LogP contribution in [0.25, 0.3) is 105 Å². The van der Waals surface area contributed by atoms with Crippen molar-refractivity contribution in [2.45, 2.75) is 0 Å². The number of nitrogens with zero attached hydrogens (tertiary/aromatic N) is 4. The molecule has 0 N–H and O–H groups in total. The Balaban J connectivity index is 1.17. The zero-order valence-electron chi connectivity index (χ0n) is 27.9. The van der Waals surface area contributed by atoms with E-state index in [9.17, 15) is 0 Å². The second-order valence-corrected chi connectivity index (χ2v) is 13.2. The molecule has 4 heterocycles. The molecule has 11 aromatic rings. The van der Waals surface area contributed by atoms with Gasteiger partial charge in [0.25, 0.3) is 0 Å². The molecular formula is C47H28N4O. The van der Waals surface area contributed by atoms with Crippen molar-refractivity contribution in [1.29, 1.82) is 0 Å². The highest BCUT2D eigenvalue weighted by molar-refractivity contribution is 6.25. The van der Waals surface area contributed by atoms with Crippen LogP contribution in [-0.4, -0.2) is 19.5 Å². The summed E-state index contributed by atoms with van der Waals surface area (Å²) in [6.45, 7) is 0. The Hall–Kier alpha value is -7.11. The smallest absolute Gasteiger partial charge is 0.163 e. The zero-order valence-corrected chi connectivity index (χ0v) is 27.9. The van der Waals surface area contributed by atoms with Crippen LogP contribution < -0.4 is 0 Å². The van der Waals surface area contributed by atoms with Gasteiger partial charge in [-0.2, -0.15) is 0 Å². The van der Waals surface area contributed by atoms with Crippen LogP contribution in [0.1, 0.15) is 0 Å². The molecule has 7 aromatic carbocycles. The van der Waals surface area contributed by atoms with Crippen LogP contribution in [0, 0.1) is 0 Å². The molecule has 5 heteroatoms. The summed E-state index contributed by atoms with van der Waals surface area (Å²) in [5.41, 5.74) is 11.4. The maximum Gasteiger partial charge on any atom is 0.163 e. The summed E-state index contributed by atoms with van der Waals surface area (Å²) in [6, 6.07) is 58.8. The van der Waals surface area contributed by atoms with Gasteiger partial charge in [0.2, 0.25) is 0 Å². The van der Waals surface area contributed by atoms with Crippen molar-refractivity contribution < 1.29 is 4.42 Å². The van der Waals surface area contributed by atoms with Crippen LogP contribution in [0.2, 0.25) is 0 Å². The zero-order chi connectivity index (χ0) is 34.2. The van der Waals surface area contributed by atoms with E-state index in [-0.39, 0.29) is 0 Å². The van der Waals surface area contributed by atoms with Crippen LogP contribution in [0.4, 0.5) is 0 Å². The van der Waals surface area contributed by atoms with Gasteiger partial charge in [-0.3, -0.25) is 0 Å². The first-order valence-corrected chi connectivity index (χ1v) is 17.5. The number of rotatable bonds is 4. The average Bonchev–Trinajstić information content (AvgIpc) is 3.77. The van der Waals surface area contributed by atoms with Crippen molar-refractivity contribution in [1.82, 2.24) is 19.5 Å². The molecule has 0 unspecified atom stereocenters. The van der Waals surface area contributed by atoms with Crippen LogP contribution in [0.3, 0.4) is 0 Å². The highest BCUT2D eigenvalue weighted by Crippen LogP contribution is 2.44. The molecule has 0 amide bonds. The van der Waals surface area contributed by atoms with E-state index in [0.717, 1.165) is 99.3 Å². The molecule has 0 fully saturated rings. The molecule has 0 bridgehead atoms. The van der Waals surface area contributed by atoms with E-state index in [1.807, 2.05) is 30.3 Å². The van der Waals surface area contributed by atoms with E-state index in [0.29, 0.717) is 5.82 Å². The molecule has 0 aliphatic carbocycles. The molecule has 5 nitrogen and oxygen atoms in total. The largest absolute Gasteiger partial charge is 0.454 e. The lowest BCUT2D eigenvalue weighted by Crippen LogP contribution is -1.98. The Morgan fingerprint density at radius 2 is 1.08 bits per heavy atom. The molecule has 0 atom stereocenters. The number of hydrogen-bond acceptors (Lipinski definition) is 4. The second kappa shape index (κ2) is 11.2. The van der Waals surface area contributed by atoms with Gasteiger partial charge in [-0.25, -0.2) is 15.0 Å². The summed E-state index contributed by atoms with van der Waals surface area (Å²) >= 11 is 0. The number of para-hydroxylation sites is 3. The van der Waals surface area contributed by atoms with Gasteiger partial charge >= 0.3 is 0 Å². The SMILES string of the molecule is c1ccc(-c2nc(-c3ccc(-c4nc5c6ccccc6oc5c5c6ccccc6n(-c6ccccc6)c45)cc3)nc3c2ccc2ccccc23)cc1. The minimum absolute atomic E-state index is 0.682. The molecule has 0 saturated carbocycles. The monoisotopic (exact) mass is 664 g/mol. The third kappa shape index (κ3) is 4.26. The van der Waals surface area contributed by atoms with E-state index in [1.54, 1.807) is 0 Å². The maximum atomic E-state index is 6.61. The summed E-state index contributed by atoms with van der Waals surface area (Å²) in [6.07, 6.45) is 0. The van der Waals surface area contributed by atoms with Crippen molar-refractivity contribution in [3.63, 3.8) is 0 Å². The maximum absolute atomic E-state index is 6.61. The van der Waals surface area contributed by atoms with E-state index >= 15 is 0 Å². The highest BCUT2D eigenvalue weighted by Gasteiger charge is 2.24. The Labute approximate surface area is 298 Å². The lowest BCUT2D eigenvalue weighted by molar-refractivity contribution is 0.672. The summed E-state index contributed by atoms with van der Waals surface area (Å²) in [5, 5.41) is 6.47. The van der Waals surface area contributed by atoms with Crippen LogP contribution in [-0.2, 0) is 0 Å². The number of pyridine rings is 1. The molecule has 0 radical (unpaired) electrons. The molecule has 52 heavy (non-hydrogen) atoms. The summed E-state index contributed by atoms with van der Waals surface area (Å²) in [5.74, 6) is 0.682. The van der Waals surface area contributed by atoms with Gasteiger partial charge < -0.3 is 8.98 Å². The van der Waals surface area contributed by atoms with Gasteiger partial charge in [-0.1, -0.05) is 133 Å².